The van der Waals surface area contributed by atoms with E-state index in [-0.39, 0.29) is 29.3 Å². The van der Waals surface area contributed by atoms with Crippen molar-refractivity contribution in [2.75, 3.05) is 6.61 Å². The normalized spacial score (nSPS) is 32.5. The van der Waals surface area contributed by atoms with Crippen LogP contribution in [0.1, 0.15) is 93.9 Å². The minimum Gasteiger partial charge on any atom is -0.457 e. The van der Waals surface area contributed by atoms with Gasteiger partial charge in [0.05, 0.1) is 5.92 Å². The van der Waals surface area contributed by atoms with Crippen molar-refractivity contribution in [1.82, 2.24) is 0 Å². The van der Waals surface area contributed by atoms with Gasteiger partial charge in [-0.25, -0.2) is 4.79 Å². The Labute approximate surface area is 183 Å². The number of fused-ring (bicyclic) bond motifs is 2. The summed E-state index contributed by atoms with van der Waals surface area (Å²) < 4.78 is 11.2. The Morgan fingerprint density at radius 1 is 0.833 bits per heavy atom. The molecule has 5 unspecified atom stereocenters. The summed E-state index contributed by atoms with van der Waals surface area (Å²) in [6.07, 6.45) is 6.64. The fourth-order valence-electron chi connectivity index (χ4n) is 7.32. The van der Waals surface area contributed by atoms with E-state index >= 15 is 0 Å². The molecule has 0 spiro atoms. The summed E-state index contributed by atoms with van der Waals surface area (Å²) in [6.45, 7) is 17.7. The number of ether oxygens (including phenoxy) is 2. The van der Waals surface area contributed by atoms with E-state index in [1.807, 2.05) is 13.8 Å². The van der Waals surface area contributed by atoms with Crippen LogP contribution in [0.3, 0.4) is 0 Å². The number of carbonyl (C=O) groups excluding carboxylic acids is 2. The highest BCUT2D eigenvalue weighted by Crippen LogP contribution is 2.64. The first-order chi connectivity index (χ1) is 13.7. The summed E-state index contributed by atoms with van der Waals surface area (Å²) in [7, 11) is 0. The van der Waals surface area contributed by atoms with Crippen LogP contribution in [0, 0.1) is 46.3 Å². The van der Waals surface area contributed by atoms with Crippen molar-refractivity contribution >= 4 is 11.9 Å². The van der Waals surface area contributed by atoms with E-state index in [1.54, 1.807) is 0 Å². The summed E-state index contributed by atoms with van der Waals surface area (Å²) in [4.78, 5) is 25.4. The molecule has 3 fully saturated rings. The Hall–Kier alpha value is -1.06. The molecule has 0 saturated heterocycles. The largest absolute Gasteiger partial charge is 0.457 e. The van der Waals surface area contributed by atoms with Gasteiger partial charge in [-0.15, -0.1) is 0 Å². The van der Waals surface area contributed by atoms with Crippen molar-refractivity contribution in [2.24, 2.45) is 46.3 Å². The quantitative estimate of drug-likeness (QED) is 0.510. The highest BCUT2D eigenvalue weighted by molar-refractivity contribution is 5.78. The highest BCUT2D eigenvalue weighted by atomic mass is 16.6. The van der Waals surface area contributed by atoms with Crippen molar-refractivity contribution in [2.45, 2.75) is 99.5 Å². The lowest BCUT2D eigenvalue weighted by atomic mass is 9.57. The third kappa shape index (κ3) is 4.72. The second-order valence-electron chi connectivity index (χ2n) is 13.0. The molecule has 0 aromatic heterocycles. The van der Waals surface area contributed by atoms with E-state index in [0.29, 0.717) is 29.6 Å². The minimum atomic E-state index is -0.482. The summed E-state index contributed by atoms with van der Waals surface area (Å²) >= 11 is 0. The number of hydrogen-bond acceptors (Lipinski definition) is 4. The maximum Gasteiger partial charge on any atom is 0.344 e. The van der Waals surface area contributed by atoms with Crippen LogP contribution < -0.4 is 0 Å². The van der Waals surface area contributed by atoms with Crippen molar-refractivity contribution in [3.05, 3.63) is 0 Å². The number of hydrogen-bond donors (Lipinski definition) is 0. The molecule has 3 saturated carbocycles. The van der Waals surface area contributed by atoms with E-state index in [0.717, 1.165) is 25.7 Å². The average molecular weight is 421 g/mol. The van der Waals surface area contributed by atoms with Gasteiger partial charge in [-0.1, -0.05) is 54.4 Å². The first kappa shape index (κ1) is 23.6. The molecule has 3 rings (SSSR count). The minimum absolute atomic E-state index is 0.0755. The summed E-state index contributed by atoms with van der Waals surface area (Å²) in [5, 5.41) is 0. The van der Waals surface area contributed by atoms with Crippen LogP contribution in [0.15, 0.2) is 0 Å². The Balaban J connectivity index is 1.58. The zero-order valence-electron chi connectivity index (χ0n) is 20.5. The van der Waals surface area contributed by atoms with Crippen LogP contribution in [0.5, 0.6) is 0 Å². The lowest BCUT2D eigenvalue weighted by molar-refractivity contribution is -0.174. The molecule has 0 aliphatic heterocycles. The standard InChI is InChI=1S/C26H44O4/c1-24(2,3)21-16-13-18(22(21)25(4,5)6)19(14-16)23(28)29-15-20(27)30-26(7,8)17-11-9-10-12-17/h16-19,21-22H,9-15H2,1-8H3. The molecular formula is C26H44O4. The molecule has 4 heteroatoms. The topological polar surface area (TPSA) is 52.6 Å². The molecule has 0 radical (unpaired) electrons. The SMILES string of the molecule is CC(C)(C)C1C2CC(C(=O)OCC(=O)OC(C)(C)C3CCCC3)C(C2)C1C(C)(C)C. The van der Waals surface area contributed by atoms with Crippen LogP contribution in [0.4, 0.5) is 0 Å². The van der Waals surface area contributed by atoms with Gasteiger partial charge in [-0.2, -0.15) is 0 Å². The van der Waals surface area contributed by atoms with E-state index in [2.05, 4.69) is 41.5 Å². The molecule has 3 aliphatic carbocycles. The predicted octanol–water partition coefficient (Wildman–Crippen LogP) is 6.02. The van der Waals surface area contributed by atoms with Crippen molar-refractivity contribution in [3.63, 3.8) is 0 Å². The molecule has 5 atom stereocenters. The lowest BCUT2D eigenvalue weighted by Crippen LogP contribution is -2.44. The highest BCUT2D eigenvalue weighted by Gasteiger charge is 2.60. The number of esters is 2. The second-order valence-corrected chi connectivity index (χ2v) is 13.0. The van der Waals surface area contributed by atoms with Gasteiger partial charge in [0, 0.05) is 0 Å². The molecule has 0 N–H and O–H groups in total. The number of carbonyl (C=O) groups is 2. The Bertz CT molecular complexity index is 645. The Morgan fingerprint density at radius 2 is 1.40 bits per heavy atom. The van der Waals surface area contributed by atoms with Crippen LogP contribution >= 0.6 is 0 Å². The second kappa shape index (κ2) is 8.13. The molecule has 172 valence electrons. The van der Waals surface area contributed by atoms with Gasteiger partial charge < -0.3 is 9.47 Å². The van der Waals surface area contributed by atoms with Crippen LogP contribution in [-0.4, -0.2) is 24.1 Å². The fraction of sp³-hybridized carbons (Fsp3) is 0.923. The zero-order valence-corrected chi connectivity index (χ0v) is 20.5. The first-order valence-corrected chi connectivity index (χ1v) is 12.1. The van der Waals surface area contributed by atoms with Crippen LogP contribution in [0.25, 0.3) is 0 Å². The van der Waals surface area contributed by atoms with Crippen molar-refractivity contribution in [3.8, 4) is 0 Å². The van der Waals surface area contributed by atoms with Crippen LogP contribution in [-0.2, 0) is 19.1 Å². The Kier molecular flexibility index (Phi) is 6.40. The molecular weight excluding hydrogens is 376 g/mol. The lowest BCUT2D eigenvalue weighted by Gasteiger charge is -2.48. The predicted molar refractivity (Wildman–Crippen MR) is 119 cm³/mol. The average Bonchev–Trinajstić information content (AvgIpc) is 3.31. The fourth-order valence-corrected chi connectivity index (χ4v) is 7.32. The van der Waals surface area contributed by atoms with E-state index in [4.69, 9.17) is 9.47 Å². The van der Waals surface area contributed by atoms with Gasteiger partial charge in [0.15, 0.2) is 6.61 Å². The molecule has 0 amide bonds. The third-order valence-corrected chi connectivity index (χ3v) is 8.35. The molecule has 0 heterocycles. The monoisotopic (exact) mass is 420 g/mol. The molecule has 0 aromatic carbocycles. The van der Waals surface area contributed by atoms with E-state index in [1.165, 1.54) is 12.8 Å². The number of rotatable bonds is 5. The van der Waals surface area contributed by atoms with Crippen molar-refractivity contribution in [1.29, 1.82) is 0 Å². The van der Waals surface area contributed by atoms with Gasteiger partial charge >= 0.3 is 11.9 Å². The van der Waals surface area contributed by atoms with Gasteiger partial charge in [-0.3, -0.25) is 4.79 Å². The van der Waals surface area contributed by atoms with Crippen molar-refractivity contribution < 1.29 is 19.1 Å². The summed E-state index contributed by atoms with van der Waals surface area (Å²) in [6, 6.07) is 0. The maximum absolute atomic E-state index is 13.0. The van der Waals surface area contributed by atoms with E-state index in [9.17, 15) is 9.59 Å². The molecule has 3 aliphatic rings. The smallest absolute Gasteiger partial charge is 0.344 e. The molecule has 30 heavy (non-hydrogen) atoms. The Morgan fingerprint density at radius 3 is 1.93 bits per heavy atom. The van der Waals surface area contributed by atoms with Crippen LogP contribution in [0.2, 0.25) is 0 Å². The molecule has 4 nitrogen and oxygen atoms in total. The maximum atomic E-state index is 13.0. The van der Waals surface area contributed by atoms with Gasteiger partial charge in [0.2, 0.25) is 0 Å². The third-order valence-electron chi connectivity index (χ3n) is 8.35. The van der Waals surface area contributed by atoms with Gasteiger partial charge in [-0.05, 0) is 80.0 Å². The molecule has 0 aromatic rings. The first-order valence-electron chi connectivity index (χ1n) is 12.1. The zero-order chi connectivity index (χ0) is 22.5. The van der Waals surface area contributed by atoms with Gasteiger partial charge in [0.25, 0.3) is 0 Å². The van der Waals surface area contributed by atoms with E-state index < -0.39 is 11.6 Å². The molecule has 2 bridgehead atoms. The summed E-state index contributed by atoms with van der Waals surface area (Å²) in [5.74, 6) is 1.79. The van der Waals surface area contributed by atoms with Gasteiger partial charge in [0.1, 0.15) is 5.60 Å². The summed E-state index contributed by atoms with van der Waals surface area (Å²) in [5.41, 5.74) is -0.0912.